The summed E-state index contributed by atoms with van der Waals surface area (Å²) in [5.74, 6) is 0.670. The van der Waals surface area contributed by atoms with Crippen LogP contribution in [0, 0.1) is 5.92 Å². The van der Waals surface area contributed by atoms with Crippen molar-refractivity contribution in [2.24, 2.45) is 5.92 Å². The van der Waals surface area contributed by atoms with E-state index >= 15 is 0 Å². The molecule has 0 aromatic heterocycles. The number of halogens is 1. The van der Waals surface area contributed by atoms with Crippen LogP contribution in [-0.4, -0.2) is 29.4 Å². The maximum Gasteiger partial charge on any atom is 0.0501 e. The van der Waals surface area contributed by atoms with Gasteiger partial charge in [0, 0.05) is 19.1 Å². The van der Waals surface area contributed by atoms with Gasteiger partial charge in [0.1, 0.15) is 0 Å². The molecule has 1 saturated heterocycles. The standard InChI is InChI=1S/C8H16ClN/c1-6(2)10-4-7(3)8(9)5-10/h6-8H,4-5H2,1-3H3. The Labute approximate surface area is 68.4 Å². The Morgan fingerprint density at radius 3 is 2.20 bits per heavy atom. The monoisotopic (exact) mass is 161 g/mol. The summed E-state index contributed by atoms with van der Waals surface area (Å²) < 4.78 is 0. The first-order valence-corrected chi connectivity index (χ1v) is 4.43. The van der Waals surface area contributed by atoms with Gasteiger partial charge in [-0.05, 0) is 19.8 Å². The molecular formula is C8H16ClN. The zero-order valence-corrected chi connectivity index (χ0v) is 7.73. The van der Waals surface area contributed by atoms with Gasteiger partial charge in [-0.1, -0.05) is 6.92 Å². The summed E-state index contributed by atoms with van der Waals surface area (Å²) in [5, 5.41) is 0.377. The average molecular weight is 162 g/mol. The van der Waals surface area contributed by atoms with E-state index < -0.39 is 0 Å². The molecule has 2 unspecified atom stereocenters. The van der Waals surface area contributed by atoms with Crippen molar-refractivity contribution >= 4 is 11.6 Å². The van der Waals surface area contributed by atoms with E-state index in [9.17, 15) is 0 Å². The Kier molecular flexibility index (Phi) is 2.59. The fraction of sp³-hybridized carbons (Fsp3) is 1.00. The second kappa shape index (κ2) is 3.10. The third kappa shape index (κ3) is 1.64. The molecule has 0 amide bonds. The van der Waals surface area contributed by atoms with E-state index in [1.165, 1.54) is 6.54 Å². The zero-order valence-electron chi connectivity index (χ0n) is 6.97. The molecule has 1 aliphatic rings. The molecule has 0 N–H and O–H groups in total. The van der Waals surface area contributed by atoms with E-state index in [2.05, 4.69) is 25.7 Å². The van der Waals surface area contributed by atoms with Crippen molar-refractivity contribution in [2.45, 2.75) is 32.2 Å². The molecule has 0 radical (unpaired) electrons. The summed E-state index contributed by atoms with van der Waals surface area (Å²) >= 11 is 6.06. The largest absolute Gasteiger partial charge is 0.299 e. The molecule has 60 valence electrons. The minimum absolute atomic E-state index is 0.377. The Morgan fingerprint density at radius 1 is 1.40 bits per heavy atom. The van der Waals surface area contributed by atoms with Gasteiger partial charge in [0.2, 0.25) is 0 Å². The van der Waals surface area contributed by atoms with Gasteiger partial charge in [0.05, 0.1) is 5.38 Å². The van der Waals surface area contributed by atoms with Gasteiger partial charge in [-0.2, -0.15) is 0 Å². The van der Waals surface area contributed by atoms with Crippen LogP contribution in [0.2, 0.25) is 0 Å². The van der Waals surface area contributed by atoms with Crippen LogP contribution in [0.25, 0.3) is 0 Å². The molecule has 0 aliphatic carbocycles. The van der Waals surface area contributed by atoms with Crippen LogP contribution < -0.4 is 0 Å². The third-order valence-electron chi connectivity index (χ3n) is 2.28. The van der Waals surface area contributed by atoms with Crippen LogP contribution in [0.4, 0.5) is 0 Å². The lowest BCUT2D eigenvalue weighted by Crippen LogP contribution is -2.28. The van der Waals surface area contributed by atoms with Gasteiger partial charge in [-0.3, -0.25) is 4.90 Å². The van der Waals surface area contributed by atoms with Crippen LogP contribution in [0.5, 0.6) is 0 Å². The number of likely N-dealkylation sites (tertiary alicyclic amines) is 1. The van der Waals surface area contributed by atoms with Crippen LogP contribution in [0.15, 0.2) is 0 Å². The fourth-order valence-electron chi connectivity index (χ4n) is 1.38. The topological polar surface area (TPSA) is 3.24 Å². The highest BCUT2D eigenvalue weighted by Gasteiger charge is 2.28. The molecule has 1 aliphatic heterocycles. The quantitative estimate of drug-likeness (QED) is 0.532. The lowest BCUT2D eigenvalue weighted by molar-refractivity contribution is 0.268. The van der Waals surface area contributed by atoms with E-state index in [0.29, 0.717) is 17.3 Å². The molecule has 1 rings (SSSR count). The van der Waals surface area contributed by atoms with Gasteiger partial charge in [0.15, 0.2) is 0 Å². The van der Waals surface area contributed by atoms with Gasteiger partial charge >= 0.3 is 0 Å². The van der Waals surface area contributed by atoms with Crippen LogP contribution in [-0.2, 0) is 0 Å². The molecule has 10 heavy (non-hydrogen) atoms. The zero-order chi connectivity index (χ0) is 7.72. The molecule has 0 bridgehead atoms. The molecule has 0 saturated carbocycles. The van der Waals surface area contributed by atoms with Gasteiger partial charge in [-0.15, -0.1) is 11.6 Å². The maximum atomic E-state index is 6.06. The van der Waals surface area contributed by atoms with Crippen molar-refractivity contribution in [1.82, 2.24) is 4.90 Å². The summed E-state index contributed by atoms with van der Waals surface area (Å²) in [6.07, 6.45) is 0. The minimum atomic E-state index is 0.377. The van der Waals surface area contributed by atoms with Crippen molar-refractivity contribution in [3.8, 4) is 0 Å². The molecule has 1 fully saturated rings. The van der Waals surface area contributed by atoms with E-state index in [1.54, 1.807) is 0 Å². The molecular weight excluding hydrogens is 146 g/mol. The Balaban J connectivity index is 2.41. The SMILES string of the molecule is CC1CN(C(C)C)CC1Cl. The molecule has 1 nitrogen and oxygen atoms in total. The van der Waals surface area contributed by atoms with Crippen molar-refractivity contribution in [2.75, 3.05) is 13.1 Å². The highest BCUT2D eigenvalue weighted by Crippen LogP contribution is 2.22. The van der Waals surface area contributed by atoms with Crippen molar-refractivity contribution in [3.63, 3.8) is 0 Å². The Bertz CT molecular complexity index is 104. The summed E-state index contributed by atoms with van der Waals surface area (Å²) in [4.78, 5) is 2.43. The molecule has 2 heteroatoms. The van der Waals surface area contributed by atoms with E-state index in [4.69, 9.17) is 11.6 Å². The second-order valence-corrected chi connectivity index (χ2v) is 4.10. The smallest absolute Gasteiger partial charge is 0.0501 e. The van der Waals surface area contributed by atoms with Crippen LogP contribution in [0.3, 0.4) is 0 Å². The lowest BCUT2D eigenvalue weighted by Gasteiger charge is -2.19. The Hall–Kier alpha value is 0.250. The average Bonchev–Trinajstić information content (AvgIpc) is 2.13. The highest BCUT2D eigenvalue weighted by molar-refractivity contribution is 6.21. The molecule has 0 aromatic rings. The lowest BCUT2D eigenvalue weighted by atomic mass is 10.1. The number of nitrogens with zero attached hydrogens (tertiary/aromatic N) is 1. The van der Waals surface area contributed by atoms with Crippen molar-refractivity contribution in [1.29, 1.82) is 0 Å². The second-order valence-electron chi connectivity index (χ2n) is 3.54. The molecule has 0 aromatic carbocycles. The fourth-order valence-corrected chi connectivity index (χ4v) is 1.64. The van der Waals surface area contributed by atoms with Crippen LogP contribution in [0.1, 0.15) is 20.8 Å². The third-order valence-corrected chi connectivity index (χ3v) is 2.85. The van der Waals surface area contributed by atoms with Gasteiger partial charge < -0.3 is 0 Å². The summed E-state index contributed by atoms with van der Waals surface area (Å²) in [6, 6.07) is 0.659. The number of hydrogen-bond acceptors (Lipinski definition) is 1. The molecule has 1 heterocycles. The molecule has 2 atom stereocenters. The summed E-state index contributed by atoms with van der Waals surface area (Å²) in [5.41, 5.74) is 0. The first kappa shape index (κ1) is 8.35. The molecule has 0 spiro atoms. The first-order chi connectivity index (χ1) is 4.61. The Morgan fingerprint density at radius 2 is 2.00 bits per heavy atom. The first-order valence-electron chi connectivity index (χ1n) is 3.99. The predicted octanol–water partition coefficient (Wildman–Crippen LogP) is 1.95. The predicted molar refractivity (Wildman–Crippen MR) is 45.5 cm³/mol. The number of alkyl halides is 1. The van der Waals surface area contributed by atoms with E-state index in [0.717, 1.165) is 6.54 Å². The summed E-state index contributed by atoms with van der Waals surface area (Å²) in [6.45, 7) is 8.91. The van der Waals surface area contributed by atoms with Crippen LogP contribution >= 0.6 is 11.6 Å². The van der Waals surface area contributed by atoms with E-state index in [-0.39, 0.29) is 0 Å². The highest BCUT2D eigenvalue weighted by atomic mass is 35.5. The number of rotatable bonds is 1. The number of hydrogen-bond donors (Lipinski definition) is 0. The van der Waals surface area contributed by atoms with Gasteiger partial charge in [-0.25, -0.2) is 0 Å². The van der Waals surface area contributed by atoms with Crippen molar-refractivity contribution < 1.29 is 0 Å². The van der Waals surface area contributed by atoms with Crippen molar-refractivity contribution in [3.05, 3.63) is 0 Å². The maximum absolute atomic E-state index is 6.06. The summed E-state index contributed by atoms with van der Waals surface area (Å²) in [7, 11) is 0. The van der Waals surface area contributed by atoms with E-state index in [1.807, 2.05) is 0 Å². The van der Waals surface area contributed by atoms with Gasteiger partial charge in [0.25, 0.3) is 0 Å². The minimum Gasteiger partial charge on any atom is -0.299 e. The normalized spacial score (nSPS) is 35.7.